The molecule has 0 atom stereocenters. The minimum atomic E-state index is -4.68. The van der Waals surface area contributed by atoms with Crippen LogP contribution in [0, 0.1) is 0 Å². The van der Waals surface area contributed by atoms with Gasteiger partial charge in [-0.3, -0.25) is 9.40 Å². The van der Waals surface area contributed by atoms with Crippen molar-refractivity contribution in [1.29, 1.82) is 0 Å². The van der Waals surface area contributed by atoms with Gasteiger partial charge in [-0.25, -0.2) is 31.1 Å². The summed E-state index contributed by atoms with van der Waals surface area (Å²) in [7, 11) is -5.50. The highest BCUT2D eigenvalue weighted by Gasteiger charge is 2.31. The molecule has 1 N–H and O–H groups in total. The van der Waals surface area contributed by atoms with Crippen molar-refractivity contribution in [2.75, 3.05) is 14.2 Å². The number of hydrogen-bond donors (Lipinski definition) is 1. The van der Waals surface area contributed by atoms with Gasteiger partial charge in [0.05, 0.1) is 7.11 Å². The van der Waals surface area contributed by atoms with Gasteiger partial charge in [-0.2, -0.15) is 0 Å². The fraction of sp³-hybridized carbons (Fsp3) is 0.267. The second kappa shape index (κ2) is 8.28. The van der Waals surface area contributed by atoms with E-state index in [1.165, 1.54) is 25.3 Å². The van der Waals surface area contributed by atoms with Crippen LogP contribution in [-0.4, -0.2) is 55.8 Å². The first-order valence-electron chi connectivity index (χ1n) is 7.95. The number of allylic oxidation sites excluding steroid dienone is 1. The molecule has 2 rings (SSSR count). The lowest BCUT2D eigenvalue weighted by Crippen LogP contribution is -2.41. The van der Waals surface area contributed by atoms with E-state index in [1.54, 1.807) is 17.7 Å². The summed E-state index contributed by atoms with van der Waals surface area (Å²) >= 11 is 0. The minimum Gasteiger partial charge on any atom is -0.288 e. The second-order valence-electron chi connectivity index (χ2n) is 5.57. The fourth-order valence-electron chi connectivity index (χ4n) is 2.21. The molecule has 1 aromatic heterocycles. The molecular formula is C15H19N5O7S2. The topological polar surface area (TPSA) is 150 Å². The number of rotatable bonds is 6. The van der Waals surface area contributed by atoms with Crippen LogP contribution in [-0.2, 0) is 31.9 Å². The van der Waals surface area contributed by atoms with Crippen molar-refractivity contribution in [2.24, 2.45) is 7.05 Å². The van der Waals surface area contributed by atoms with Crippen molar-refractivity contribution in [2.45, 2.75) is 16.7 Å². The van der Waals surface area contributed by atoms with Crippen LogP contribution in [0.1, 0.15) is 12.7 Å². The predicted octanol–water partition coefficient (Wildman–Crippen LogP) is -0.257. The summed E-state index contributed by atoms with van der Waals surface area (Å²) in [5.74, 6) is 0.120. The lowest BCUT2D eigenvalue weighted by Gasteiger charge is -2.17. The number of hydroxylamine groups is 1. The van der Waals surface area contributed by atoms with E-state index in [2.05, 4.69) is 9.94 Å². The molecule has 0 radical (unpaired) electrons. The second-order valence-corrected chi connectivity index (χ2v) is 9.12. The molecule has 2 aromatic rings. The number of benzene rings is 1. The smallest absolute Gasteiger partial charge is 0.288 e. The average Bonchev–Trinajstić information content (AvgIpc) is 2.96. The molecule has 0 aliphatic carbocycles. The third kappa shape index (κ3) is 4.29. The molecule has 0 saturated carbocycles. The Morgan fingerprint density at radius 1 is 1.21 bits per heavy atom. The van der Waals surface area contributed by atoms with Crippen molar-refractivity contribution in [3.63, 3.8) is 0 Å². The summed E-state index contributed by atoms with van der Waals surface area (Å²) in [4.78, 5) is 27.8. The Balaban J connectivity index is 2.50. The summed E-state index contributed by atoms with van der Waals surface area (Å²) < 4.78 is 53.9. The zero-order chi connectivity index (χ0) is 22.0. The zero-order valence-corrected chi connectivity index (χ0v) is 17.6. The summed E-state index contributed by atoms with van der Waals surface area (Å²) in [5, 5.41) is 3.75. The quantitative estimate of drug-likeness (QED) is 0.598. The highest BCUT2D eigenvalue weighted by molar-refractivity contribution is 7.92. The van der Waals surface area contributed by atoms with Crippen molar-refractivity contribution < 1.29 is 26.5 Å². The van der Waals surface area contributed by atoms with Gasteiger partial charge in [-0.1, -0.05) is 22.7 Å². The molecular weight excluding hydrogens is 426 g/mol. The van der Waals surface area contributed by atoms with Crippen LogP contribution in [0.4, 0.5) is 4.79 Å². The van der Waals surface area contributed by atoms with Gasteiger partial charge in [-0.15, -0.1) is 9.78 Å². The SMILES string of the molecule is C/C=C/c1nn(C(=O)NS(=O)(=O)c2ccccc2S(=O)(=O)N(C)OC)c(=O)n1C. The number of carbonyl (C=O) groups is 1. The highest BCUT2D eigenvalue weighted by atomic mass is 32.2. The van der Waals surface area contributed by atoms with Crippen molar-refractivity contribution in [3.05, 3.63) is 46.7 Å². The van der Waals surface area contributed by atoms with E-state index in [0.29, 0.717) is 9.15 Å². The number of nitrogens with zero attached hydrogens (tertiary/aromatic N) is 4. The van der Waals surface area contributed by atoms with E-state index in [1.807, 2.05) is 0 Å². The van der Waals surface area contributed by atoms with Crippen molar-refractivity contribution >= 4 is 32.2 Å². The highest BCUT2D eigenvalue weighted by Crippen LogP contribution is 2.23. The number of aromatic nitrogens is 3. The van der Waals surface area contributed by atoms with Crippen LogP contribution in [0.5, 0.6) is 0 Å². The molecule has 0 bridgehead atoms. The van der Waals surface area contributed by atoms with E-state index in [0.717, 1.165) is 30.9 Å². The Kier molecular flexibility index (Phi) is 6.42. The van der Waals surface area contributed by atoms with E-state index < -0.39 is 41.6 Å². The van der Waals surface area contributed by atoms with Crippen molar-refractivity contribution in [3.8, 4) is 0 Å². The molecule has 1 heterocycles. The first-order chi connectivity index (χ1) is 13.5. The van der Waals surface area contributed by atoms with Gasteiger partial charge in [0.15, 0.2) is 5.82 Å². The molecule has 14 heteroatoms. The first kappa shape index (κ1) is 22.5. The Bertz CT molecular complexity index is 1230. The van der Waals surface area contributed by atoms with Crippen LogP contribution < -0.4 is 10.4 Å². The summed E-state index contributed by atoms with van der Waals surface area (Å²) in [5.41, 5.74) is -0.883. The van der Waals surface area contributed by atoms with Gasteiger partial charge in [0.2, 0.25) is 0 Å². The molecule has 158 valence electrons. The molecule has 0 unspecified atom stereocenters. The Morgan fingerprint density at radius 3 is 2.34 bits per heavy atom. The van der Waals surface area contributed by atoms with Gasteiger partial charge in [0.25, 0.3) is 20.0 Å². The maximum Gasteiger partial charge on any atom is 0.360 e. The molecule has 1 amide bonds. The summed E-state index contributed by atoms with van der Waals surface area (Å²) in [6.07, 6.45) is 3.02. The third-order valence-corrected chi connectivity index (χ3v) is 7.00. The molecule has 0 aliphatic heterocycles. The standard InChI is InChI=1S/C15H19N5O7S2/c1-5-8-13-16-20(15(22)18(13)2)14(21)17-28(23,24)11-9-6-7-10-12(11)29(25,26)19(3)27-4/h5-10H,1-4H3,(H,17,21)/b8-5+. The lowest BCUT2D eigenvalue weighted by molar-refractivity contribution is -0.0260. The third-order valence-electron chi connectivity index (χ3n) is 3.76. The Hall–Kier alpha value is -2.81. The predicted molar refractivity (Wildman–Crippen MR) is 102 cm³/mol. The molecule has 1 aromatic carbocycles. The van der Waals surface area contributed by atoms with Gasteiger partial charge < -0.3 is 0 Å². The maximum atomic E-state index is 12.7. The largest absolute Gasteiger partial charge is 0.360 e. The first-order valence-corrected chi connectivity index (χ1v) is 10.9. The lowest BCUT2D eigenvalue weighted by atomic mass is 10.4. The van der Waals surface area contributed by atoms with Gasteiger partial charge >= 0.3 is 11.7 Å². The van der Waals surface area contributed by atoms with Crippen LogP contribution >= 0.6 is 0 Å². The Morgan fingerprint density at radius 2 is 1.79 bits per heavy atom. The molecule has 0 aliphatic rings. The van der Waals surface area contributed by atoms with E-state index in [-0.39, 0.29) is 5.82 Å². The van der Waals surface area contributed by atoms with E-state index in [4.69, 9.17) is 0 Å². The fourth-order valence-corrected chi connectivity index (χ4v) is 4.92. The minimum absolute atomic E-state index is 0.120. The van der Waals surface area contributed by atoms with Crippen LogP contribution in [0.3, 0.4) is 0 Å². The number of hydrogen-bond acceptors (Lipinski definition) is 8. The summed E-state index contributed by atoms with van der Waals surface area (Å²) in [6, 6.07) is 3.26. The normalized spacial score (nSPS) is 12.6. The summed E-state index contributed by atoms with van der Waals surface area (Å²) in [6.45, 7) is 1.67. The number of carbonyl (C=O) groups excluding carboxylic acids is 1. The van der Waals surface area contributed by atoms with Crippen LogP contribution in [0.2, 0.25) is 0 Å². The molecule has 0 fully saturated rings. The number of amides is 1. The van der Waals surface area contributed by atoms with Crippen LogP contribution in [0.15, 0.2) is 44.9 Å². The van der Waals surface area contributed by atoms with Crippen molar-refractivity contribution in [1.82, 2.24) is 23.5 Å². The van der Waals surface area contributed by atoms with E-state index in [9.17, 15) is 26.4 Å². The number of nitrogens with one attached hydrogen (secondary N) is 1. The van der Waals surface area contributed by atoms with Gasteiger partial charge in [0.1, 0.15) is 9.79 Å². The average molecular weight is 445 g/mol. The zero-order valence-electron chi connectivity index (χ0n) is 15.9. The van der Waals surface area contributed by atoms with Gasteiger partial charge in [0, 0.05) is 14.1 Å². The monoisotopic (exact) mass is 445 g/mol. The van der Waals surface area contributed by atoms with Gasteiger partial charge in [-0.05, 0) is 25.1 Å². The molecule has 12 nitrogen and oxygen atoms in total. The Labute approximate surface area is 167 Å². The van der Waals surface area contributed by atoms with Crippen LogP contribution in [0.25, 0.3) is 6.08 Å². The maximum absolute atomic E-state index is 12.7. The molecule has 29 heavy (non-hydrogen) atoms. The molecule has 0 saturated heterocycles. The van der Waals surface area contributed by atoms with E-state index >= 15 is 0 Å². The number of sulfonamides is 2. The molecule has 0 spiro atoms.